The zero-order valence-electron chi connectivity index (χ0n) is 26.8. The van der Waals surface area contributed by atoms with Crippen LogP contribution in [0.1, 0.15) is 92.9 Å². The lowest BCUT2D eigenvalue weighted by Crippen LogP contribution is -2.33. The van der Waals surface area contributed by atoms with Gasteiger partial charge in [-0.3, -0.25) is 19.2 Å². The van der Waals surface area contributed by atoms with Gasteiger partial charge in [-0.05, 0) is 79.1 Å². The number of carbonyl (C=O) groups is 6. The minimum Gasteiger partial charge on any atom is -0.481 e. The molecule has 0 aromatic carbocycles. The highest BCUT2D eigenvalue weighted by atomic mass is 16.6. The van der Waals surface area contributed by atoms with Crippen molar-refractivity contribution < 1.29 is 57.9 Å². The maximum atomic E-state index is 12.0. The van der Waals surface area contributed by atoms with Crippen molar-refractivity contribution in [1.82, 2.24) is 0 Å². The van der Waals surface area contributed by atoms with E-state index >= 15 is 0 Å². The predicted octanol–water partition coefficient (Wildman–Crippen LogP) is 4.64. The highest BCUT2D eigenvalue weighted by Gasteiger charge is 2.35. The van der Waals surface area contributed by atoms with Crippen LogP contribution in [0.5, 0.6) is 0 Å². The Balaban J connectivity index is 0.000000440. The van der Waals surface area contributed by atoms with Crippen LogP contribution in [0.2, 0.25) is 0 Å². The molecule has 0 amide bonds. The topological polar surface area (TPSA) is 180 Å². The van der Waals surface area contributed by atoms with Gasteiger partial charge in [0.2, 0.25) is 0 Å². The van der Waals surface area contributed by atoms with Gasteiger partial charge in [-0.1, -0.05) is 26.0 Å². The van der Waals surface area contributed by atoms with E-state index in [0.717, 1.165) is 12.8 Å². The lowest BCUT2D eigenvalue weighted by Gasteiger charge is -2.23. The molecule has 0 heterocycles. The van der Waals surface area contributed by atoms with Gasteiger partial charge in [-0.2, -0.15) is 0 Å². The second kappa shape index (κ2) is 18.2. The summed E-state index contributed by atoms with van der Waals surface area (Å²) in [6.45, 7) is 10.8. The molecule has 0 saturated carbocycles. The monoisotopic (exact) mass is 624 g/mol. The van der Waals surface area contributed by atoms with Crippen molar-refractivity contribution in [3.05, 3.63) is 23.3 Å². The van der Waals surface area contributed by atoms with E-state index in [2.05, 4.69) is 0 Å². The minimum absolute atomic E-state index is 0.0195. The van der Waals surface area contributed by atoms with Crippen LogP contribution in [-0.2, 0) is 47.7 Å². The molecule has 0 spiro atoms. The molecular formula is C32H48O12. The van der Waals surface area contributed by atoms with Crippen LogP contribution in [0.4, 0.5) is 0 Å². The number of esters is 4. The summed E-state index contributed by atoms with van der Waals surface area (Å²) in [5, 5.41) is 18.2. The van der Waals surface area contributed by atoms with Crippen LogP contribution in [0.25, 0.3) is 0 Å². The van der Waals surface area contributed by atoms with E-state index in [4.69, 9.17) is 29.2 Å². The van der Waals surface area contributed by atoms with Gasteiger partial charge in [0.25, 0.3) is 0 Å². The first kappa shape index (κ1) is 38.3. The Hall–Kier alpha value is -3.70. The van der Waals surface area contributed by atoms with Crippen molar-refractivity contribution in [2.24, 2.45) is 22.7 Å². The fourth-order valence-electron chi connectivity index (χ4n) is 4.13. The van der Waals surface area contributed by atoms with Crippen LogP contribution in [0, 0.1) is 22.7 Å². The van der Waals surface area contributed by atoms with Crippen LogP contribution >= 0.6 is 0 Å². The van der Waals surface area contributed by atoms with E-state index in [1.807, 2.05) is 13.8 Å². The first-order valence-electron chi connectivity index (χ1n) is 15.1. The normalized spacial score (nSPS) is 18.3. The molecule has 2 N–H and O–H groups in total. The third-order valence-electron chi connectivity index (χ3n) is 8.01. The van der Waals surface area contributed by atoms with E-state index in [1.54, 1.807) is 39.8 Å². The maximum Gasteiger partial charge on any atom is 0.334 e. The largest absolute Gasteiger partial charge is 0.481 e. The average molecular weight is 625 g/mol. The Morgan fingerprint density at radius 3 is 1.57 bits per heavy atom. The molecule has 0 aliphatic heterocycles. The number of allylic oxidation sites excluding steroid dienone is 2. The molecule has 2 aliphatic carbocycles. The Labute approximate surface area is 259 Å². The van der Waals surface area contributed by atoms with Crippen molar-refractivity contribution in [1.29, 1.82) is 0 Å². The fourth-order valence-corrected chi connectivity index (χ4v) is 4.13. The molecule has 0 aromatic rings. The lowest BCUT2D eigenvalue weighted by molar-refractivity contribution is -0.163. The molecule has 12 nitrogen and oxygen atoms in total. The number of rotatable bonds is 14. The van der Waals surface area contributed by atoms with Gasteiger partial charge >= 0.3 is 35.8 Å². The number of carboxylic acid groups (broad SMARTS) is 2. The third-order valence-corrected chi connectivity index (χ3v) is 8.01. The molecule has 2 aliphatic rings. The first-order chi connectivity index (χ1) is 20.6. The highest BCUT2D eigenvalue weighted by Crippen LogP contribution is 2.28. The van der Waals surface area contributed by atoms with E-state index in [1.165, 1.54) is 0 Å². The third kappa shape index (κ3) is 12.1. The second-order valence-corrected chi connectivity index (χ2v) is 12.0. The van der Waals surface area contributed by atoms with Crippen molar-refractivity contribution >= 4 is 35.8 Å². The summed E-state index contributed by atoms with van der Waals surface area (Å²) in [7, 11) is 0. The number of carbonyl (C=O) groups excluding carboxylic acids is 4. The molecule has 0 bridgehead atoms. The van der Waals surface area contributed by atoms with Crippen LogP contribution in [0.15, 0.2) is 23.3 Å². The Morgan fingerprint density at radius 2 is 1.11 bits per heavy atom. The molecule has 2 rings (SSSR count). The second-order valence-electron chi connectivity index (χ2n) is 12.0. The summed E-state index contributed by atoms with van der Waals surface area (Å²) < 4.78 is 20.2. The highest BCUT2D eigenvalue weighted by molar-refractivity contribution is 5.99. The molecule has 248 valence electrons. The average Bonchev–Trinajstić information content (AvgIpc) is 3.00. The Morgan fingerprint density at radius 1 is 0.682 bits per heavy atom. The van der Waals surface area contributed by atoms with Gasteiger partial charge in [-0.15, -0.1) is 0 Å². The van der Waals surface area contributed by atoms with Gasteiger partial charge in [-0.25, -0.2) is 9.59 Å². The SMILES string of the molecule is CCC(C)(C)C(=O)OCCOC(=O)C1=C(C(=O)O)CCCC1.CCC(C)(C)C(=O)OCCOC(=O)C1CC=CCC1C(=O)O. The lowest BCUT2D eigenvalue weighted by atomic mass is 9.83. The van der Waals surface area contributed by atoms with Gasteiger partial charge < -0.3 is 29.2 Å². The molecule has 0 radical (unpaired) electrons. The summed E-state index contributed by atoms with van der Waals surface area (Å²) in [5.74, 6) is -5.34. The minimum atomic E-state index is -1.07. The van der Waals surface area contributed by atoms with Gasteiger partial charge in [0.1, 0.15) is 26.4 Å². The van der Waals surface area contributed by atoms with Crippen molar-refractivity contribution in [3.8, 4) is 0 Å². The molecule has 0 aromatic heterocycles. The molecule has 12 heteroatoms. The van der Waals surface area contributed by atoms with Crippen molar-refractivity contribution in [3.63, 3.8) is 0 Å². The van der Waals surface area contributed by atoms with Gasteiger partial charge in [0.15, 0.2) is 0 Å². The van der Waals surface area contributed by atoms with Gasteiger partial charge in [0, 0.05) is 11.1 Å². The zero-order chi connectivity index (χ0) is 33.5. The number of carboxylic acids is 2. The molecule has 0 saturated heterocycles. The van der Waals surface area contributed by atoms with Gasteiger partial charge in [0.05, 0.1) is 22.7 Å². The molecule has 0 fully saturated rings. The fraction of sp³-hybridized carbons (Fsp3) is 0.688. The van der Waals surface area contributed by atoms with E-state index in [-0.39, 0.29) is 49.5 Å². The number of aliphatic carboxylic acids is 2. The number of hydrogen-bond donors (Lipinski definition) is 2. The molecule has 44 heavy (non-hydrogen) atoms. The van der Waals surface area contributed by atoms with Crippen molar-refractivity contribution in [2.45, 2.75) is 92.9 Å². The predicted molar refractivity (Wildman–Crippen MR) is 158 cm³/mol. The Bertz CT molecular complexity index is 1100. The van der Waals surface area contributed by atoms with E-state index in [0.29, 0.717) is 38.5 Å². The smallest absolute Gasteiger partial charge is 0.334 e. The van der Waals surface area contributed by atoms with Crippen LogP contribution in [-0.4, -0.2) is 72.5 Å². The molecule has 2 unspecified atom stereocenters. The maximum absolute atomic E-state index is 12.0. The summed E-state index contributed by atoms with van der Waals surface area (Å²) in [6.07, 6.45) is 7.89. The zero-order valence-corrected chi connectivity index (χ0v) is 26.8. The Kier molecular flexibility index (Phi) is 15.8. The first-order valence-corrected chi connectivity index (χ1v) is 15.1. The number of ether oxygens (including phenoxy) is 4. The van der Waals surface area contributed by atoms with E-state index in [9.17, 15) is 28.8 Å². The summed E-state index contributed by atoms with van der Waals surface area (Å²) in [6, 6.07) is 0. The summed E-state index contributed by atoms with van der Waals surface area (Å²) in [4.78, 5) is 69.6. The molecule has 2 atom stereocenters. The standard InChI is InChI=1S/2C16H24O6/c2*1-4-16(2,3)15(20)22-10-9-21-14(19)12-8-6-5-7-11(12)13(17)18/h4-10H2,1-3H3,(H,17,18);5-6,11-12H,4,7-10H2,1-3H3,(H,17,18). The van der Waals surface area contributed by atoms with E-state index < -0.39 is 46.5 Å². The van der Waals surface area contributed by atoms with Crippen molar-refractivity contribution in [2.75, 3.05) is 26.4 Å². The molecular weight excluding hydrogens is 576 g/mol. The van der Waals surface area contributed by atoms with Crippen LogP contribution in [0.3, 0.4) is 0 Å². The summed E-state index contributed by atoms with van der Waals surface area (Å²) >= 11 is 0. The van der Waals surface area contributed by atoms with Crippen LogP contribution < -0.4 is 0 Å². The summed E-state index contributed by atoms with van der Waals surface area (Å²) in [5.41, 5.74) is -0.752. The number of hydrogen-bond acceptors (Lipinski definition) is 10. The quantitative estimate of drug-likeness (QED) is 0.118.